The highest BCUT2D eigenvalue weighted by Crippen LogP contribution is 2.34. The van der Waals surface area contributed by atoms with Crippen molar-refractivity contribution in [1.82, 2.24) is 15.3 Å². The molecule has 0 aromatic carbocycles. The zero-order chi connectivity index (χ0) is 25.4. The summed E-state index contributed by atoms with van der Waals surface area (Å²) in [6, 6.07) is 6.62. The molecule has 2 aliphatic rings. The lowest BCUT2D eigenvalue weighted by molar-refractivity contribution is 0.0456. The first-order chi connectivity index (χ1) is 17.5. The maximum absolute atomic E-state index is 14.8. The largest absolute Gasteiger partial charge is 0.383 e. The van der Waals surface area contributed by atoms with Gasteiger partial charge in [-0.3, -0.25) is 4.98 Å². The molecule has 0 atom stereocenters. The molecule has 1 saturated heterocycles. The van der Waals surface area contributed by atoms with E-state index in [0.29, 0.717) is 66.5 Å². The number of halogens is 2. The summed E-state index contributed by atoms with van der Waals surface area (Å²) >= 11 is 6.34. The van der Waals surface area contributed by atoms with Gasteiger partial charge in [0.2, 0.25) is 0 Å². The Kier molecular flexibility index (Phi) is 9.49. The molecule has 0 spiro atoms. The average Bonchev–Trinajstić information content (AvgIpc) is 2.91. The number of hydrogen-bond acceptors (Lipinski definition) is 7. The van der Waals surface area contributed by atoms with Gasteiger partial charge in [-0.25, -0.2) is 9.37 Å². The summed E-state index contributed by atoms with van der Waals surface area (Å²) in [4.78, 5) is 8.66. The van der Waals surface area contributed by atoms with Gasteiger partial charge < -0.3 is 20.1 Å². The first kappa shape index (κ1) is 26.7. The molecule has 1 aliphatic carbocycles. The third-order valence-electron chi connectivity index (χ3n) is 7.45. The van der Waals surface area contributed by atoms with Crippen LogP contribution in [0.15, 0.2) is 24.5 Å². The summed E-state index contributed by atoms with van der Waals surface area (Å²) in [5.74, 6) is 0.149. The van der Waals surface area contributed by atoms with Crippen molar-refractivity contribution >= 4 is 17.3 Å². The zero-order valence-corrected chi connectivity index (χ0v) is 21.6. The Balaban J connectivity index is 1.41. The fourth-order valence-electron chi connectivity index (χ4n) is 5.12. The molecule has 2 aromatic rings. The molecule has 0 radical (unpaired) electrons. The molecule has 2 fully saturated rings. The highest BCUT2D eigenvalue weighted by Gasteiger charge is 2.32. The second-order valence-electron chi connectivity index (χ2n) is 9.94. The Morgan fingerprint density at radius 3 is 2.69 bits per heavy atom. The number of hydrogen-bond donors (Lipinski definition) is 2. The van der Waals surface area contributed by atoms with Gasteiger partial charge in [0.05, 0.1) is 30.0 Å². The van der Waals surface area contributed by atoms with Crippen LogP contribution in [0.3, 0.4) is 0 Å². The fourth-order valence-corrected chi connectivity index (χ4v) is 5.29. The van der Waals surface area contributed by atoms with Gasteiger partial charge in [-0.05, 0) is 63.0 Å². The smallest absolute Gasteiger partial charge is 0.152 e. The van der Waals surface area contributed by atoms with E-state index in [0.717, 1.165) is 50.9 Å². The maximum Gasteiger partial charge on any atom is 0.152 e. The minimum absolute atomic E-state index is 0.296. The van der Waals surface area contributed by atoms with E-state index in [1.165, 1.54) is 6.20 Å². The number of rotatable bonds is 10. The molecule has 7 nitrogen and oxygen atoms in total. The van der Waals surface area contributed by atoms with Crippen molar-refractivity contribution in [3.05, 3.63) is 41.2 Å². The minimum atomic E-state index is -0.509. The summed E-state index contributed by atoms with van der Waals surface area (Å²) in [6.45, 7) is 3.18. The molecule has 0 bridgehead atoms. The van der Waals surface area contributed by atoms with Crippen LogP contribution in [-0.2, 0) is 15.9 Å². The molecule has 2 N–H and O–H groups in total. The predicted molar refractivity (Wildman–Crippen MR) is 138 cm³/mol. The third-order valence-corrected chi connectivity index (χ3v) is 7.75. The van der Waals surface area contributed by atoms with Crippen molar-refractivity contribution < 1.29 is 13.9 Å². The van der Waals surface area contributed by atoms with Gasteiger partial charge in [-0.15, -0.1) is 0 Å². The Hall–Kier alpha value is -2.31. The fraction of sp³-hybridized carbons (Fsp3) is 0.593. The third kappa shape index (κ3) is 6.92. The maximum atomic E-state index is 14.8. The van der Waals surface area contributed by atoms with Gasteiger partial charge in [0, 0.05) is 62.5 Å². The molecule has 0 unspecified atom stereocenters. The lowest BCUT2D eigenvalue weighted by Crippen LogP contribution is -2.35. The lowest BCUT2D eigenvalue weighted by atomic mass is 9.81. The van der Waals surface area contributed by atoms with Crippen LogP contribution in [0.2, 0.25) is 5.15 Å². The molecule has 9 heteroatoms. The highest BCUT2D eigenvalue weighted by atomic mass is 35.5. The second-order valence-corrected chi connectivity index (χ2v) is 10.3. The van der Waals surface area contributed by atoms with E-state index in [4.69, 9.17) is 21.1 Å². The van der Waals surface area contributed by atoms with Crippen molar-refractivity contribution in [3.63, 3.8) is 0 Å². The number of methoxy groups -OCH3 is 1. The molecule has 0 amide bonds. The van der Waals surface area contributed by atoms with Gasteiger partial charge in [-0.1, -0.05) is 11.6 Å². The van der Waals surface area contributed by atoms with Gasteiger partial charge in [0.15, 0.2) is 5.15 Å². The van der Waals surface area contributed by atoms with Crippen LogP contribution in [-0.4, -0.2) is 56.0 Å². The van der Waals surface area contributed by atoms with Crippen molar-refractivity contribution in [2.45, 2.75) is 51.0 Å². The standard InChI is InChI=1S/C27H35ClFN5O2/c1-35-11-8-31-21-4-2-19(3-5-21)12-22-14-23(24(29)16-32-22)20-13-25(26(28)33-15-20)34-18-27(17-30)6-9-36-10-7-27/h13-16,19,21,31,34H,2-12,18H2,1H3. The SMILES string of the molecule is COCCNC1CCC(Cc2cc(-c3cnc(Cl)c(NCC4(C#N)CCOCC4)c3)c(F)cn2)CC1. The average molecular weight is 516 g/mol. The monoisotopic (exact) mass is 515 g/mol. The highest BCUT2D eigenvalue weighted by molar-refractivity contribution is 6.32. The molecule has 1 aliphatic heterocycles. The van der Waals surface area contributed by atoms with E-state index >= 15 is 0 Å². The van der Waals surface area contributed by atoms with Crippen LogP contribution in [0.4, 0.5) is 10.1 Å². The molecule has 1 saturated carbocycles. The first-order valence-electron chi connectivity index (χ1n) is 12.8. The van der Waals surface area contributed by atoms with Gasteiger partial charge in [0.25, 0.3) is 0 Å². The van der Waals surface area contributed by atoms with E-state index in [2.05, 4.69) is 26.7 Å². The number of pyridine rings is 2. The summed E-state index contributed by atoms with van der Waals surface area (Å²) in [5.41, 5.74) is 2.06. The number of nitrogens with one attached hydrogen (secondary N) is 2. The van der Waals surface area contributed by atoms with E-state index < -0.39 is 11.2 Å². The normalized spacial score (nSPS) is 21.6. The number of anilines is 1. The lowest BCUT2D eigenvalue weighted by Gasteiger charge is -2.31. The van der Waals surface area contributed by atoms with Crippen LogP contribution in [0.1, 0.15) is 44.2 Å². The number of ether oxygens (including phenoxy) is 2. The Labute approximate surface area is 217 Å². The molecule has 194 valence electrons. The minimum Gasteiger partial charge on any atom is -0.383 e. The van der Waals surface area contributed by atoms with Crippen LogP contribution in [0.5, 0.6) is 0 Å². The molecule has 36 heavy (non-hydrogen) atoms. The van der Waals surface area contributed by atoms with Gasteiger partial charge >= 0.3 is 0 Å². The van der Waals surface area contributed by atoms with Crippen LogP contribution >= 0.6 is 11.6 Å². The van der Waals surface area contributed by atoms with Crippen LogP contribution in [0, 0.1) is 28.5 Å². The summed E-state index contributed by atoms with van der Waals surface area (Å²) in [5, 5.41) is 16.9. The van der Waals surface area contributed by atoms with E-state index in [9.17, 15) is 9.65 Å². The number of aromatic nitrogens is 2. The molecule has 4 rings (SSSR count). The van der Waals surface area contributed by atoms with E-state index in [1.54, 1.807) is 19.4 Å². The Morgan fingerprint density at radius 2 is 1.97 bits per heavy atom. The zero-order valence-electron chi connectivity index (χ0n) is 20.9. The van der Waals surface area contributed by atoms with Crippen molar-refractivity contribution in [2.24, 2.45) is 11.3 Å². The first-order valence-corrected chi connectivity index (χ1v) is 13.2. The Morgan fingerprint density at radius 1 is 1.19 bits per heavy atom. The molecular formula is C27H35ClFN5O2. The molecule has 3 heterocycles. The molecule has 2 aromatic heterocycles. The van der Waals surface area contributed by atoms with Crippen LogP contribution in [0.25, 0.3) is 11.1 Å². The van der Waals surface area contributed by atoms with E-state index in [-0.39, 0.29) is 0 Å². The van der Waals surface area contributed by atoms with Crippen molar-refractivity contribution in [2.75, 3.05) is 45.3 Å². The summed E-state index contributed by atoms with van der Waals surface area (Å²) < 4.78 is 25.4. The van der Waals surface area contributed by atoms with E-state index in [1.807, 2.05) is 6.07 Å². The van der Waals surface area contributed by atoms with Gasteiger partial charge in [-0.2, -0.15) is 5.26 Å². The second kappa shape index (κ2) is 12.8. The van der Waals surface area contributed by atoms with Crippen LogP contribution < -0.4 is 10.6 Å². The van der Waals surface area contributed by atoms with Gasteiger partial charge in [0.1, 0.15) is 5.82 Å². The van der Waals surface area contributed by atoms with Crippen molar-refractivity contribution in [1.29, 1.82) is 5.26 Å². The summed E-state index contributed by atoms with van der Waals surface area (Å²) in [7, 11) is 1.72. The van der Waals surface area contributed by atoms with Crippen molar-refractivity contribution in [3.8, 4) is 17.2 Å². The quantitative estimate of drug-likeness (QED) is 0.339. The predicted octanol–water partition coefficient (Wildman–Crippen LogP) is 5.01. The number of nitriles is 1. The molecular weight excluding hydrogens is 481 g/mol. The topological polar surface area (TPSA) is 92.1 Å². The number of nitrogens with zero attached hydrogens (tertiary/aromatic N) is 3. The summed E-state index contributed by atoms with van der Waals surface area (Å²) in [6.07, 6.45) is 9.56. The Bertz CT molecular complexity index is 1050.